The fraction of sp³-hybridized carbons (Fsp3) is 0.357. The predicted molar refractivity (Wildman–Crippen MR) is 83.7 cm³/mol. The van der Waals surface area contributed by atoms with Crippen LogP contribution in [0.2, 0.25) is 10.0 Å². The first-order valence-electron chi connectivity index (χ1n) is 6.70. The lowest BCUT2D eigenvalue weighted by Gasteiger charge is -2.18. The number of aromatic amines is 1. The molecule has 0 spiro atoms. The SMILES string of the molecule is Clc1ccc(-c2cc(N3CCCNCC3)n[nH]2)c(Cl)c1. The van der Waals surface area contributed by atoms with Gasteiger partial charge in [-0.2, -0.15) is 5.10 Å². The zero-order valence-corrected chi connectivity index (χ0v) is 12.5. The summed E-state index contributed by atoms with van der Waals surface area (Å²) in [6.07, 6.45) is 1.13. The first-order chi connectivity index (χ1) is 9.74. The molecule has 1 aromatic heterocycles. The summed E-state index contributed by atoms with van der Waals surface area (Å²) in [6, 6.07) is 7.53. The standard InChI is InChI=1S/C14H16Cl2N4/c15-10-2-3-11(12(16)8-10)13-9-14(19-18-13)20-6-1-4-17-5-7-20/h2-3,8-9,17H,1,4-7H2,(H,18,19). The van der Waals surface area contributed by atoms with Crippen LogP contribution in [0.25, 0.3) is 11.3 Å². The van der Waals surface area contributed by atoms with Crippen LogP contribution in [0.1, 0.15) is 6.42 Å². The highest BCUT2D eigenvalue weighted by molar-refractivity contribution is 6.36. The number of aromatic nitrogens is 2. The van der Waals surface area contributed by atoms with E-state index >= 15 is 0 Å². The summed E-state index contributed by atoms with van der Waals surface area (Å²) in [5.41, 5.74) is 1.83. The van der Waals surface area contributed by atoms with Crippen LogP contribution in [0.5, 0.6) is 0 Å². The van der Waals surface area contributed by atoms with Gasteiger partial charge in [0.05, 0.1) is 10.7 Å². The number of anilines is 1. The highest BCUT2D eigenvalue weighted by atomic mass is 35.5. The zero-order valence-electron chi connectivity index (χ0n) is 11.0. The highest BCUT2D eigenvalue weighted by Crippen LogP contribution is 2.30. The van der Waals surface area contributed by atoms with Crippen molar-refractivity contribution in [1.29, 1.82) is 0 Å². The second kappa shape index (κ2) is 6.04. The van der Waals surface area contributed by atoms with Crippen LogP contribution in [0.15, 0.2) is 24.3 Å². The van der Waals surface area contributed by atoms with Crippen LogP contribution in [-0.4, -0.2) is 36.4 Å². The molecule has 106 valence electrons. The molecular formula is C14H16Cl2N4. The van der Waals surface area contributed by atoms with E-state index in [2.05, 4.69) is 20.4 Å². The summed E-state index contributed by atoms with van der Waals surface area (Å²) >= 11 is 12.2. The number of hydrogen-bond donors (Lipinski definition) is 2. The van der Waals surface area contributed by atoms with Gasteiger partial charge in [0.15, 0.2) is 5.82 Å². The molecule has 1 aliphatic heterocycles. The van der Waals surface area contributed by atoms with Crippen LogP contribution >= 0.6 is 23.2 Å². The second-order valence-corrected chi connectivity index (χ2v) is 5.70. The lowest BCUT2D eigenvalue weighted by Crippen LogP contribution is -2.28. The Balaban J connectivity index is 1.85. The molecule has 0 bridgehead atoms. The summed E-state index contributed by atoms with van der Waals surface area (Å²) in [6.45, 7) is 4.05. The maximum Gasteiger partial charge on any atom is 0.151 e. The van der Waals surface area contributed by atoms with Crippen LogP contribution in [0.3, 0.4) is 0 Å². The average Bonchev–Trinajstić information content (AvgIpc) is 2.74. The summed E-state index contributed by atoms with van der Waals surface area (Å²) in [4.78, 5) is 2.28. The van der Waals surface area contributed by atoms with E-state index in [1.807, 2.05) is 18.2 Å². The molecule has 0 amide bonds. The van der Waals surface area contributed by atoms with E-state index in [-0.39, 0.29) is 0 Å². The van der Waals surface area contributed by atoms with Gasteiger partial charge < -0.3 is 10.2 Å². The van der Waals surface area contributed by atoms with Gasteiger partial charge in [-0.05, 0) is 31.2 Å². The van der Waals surface area contributed by atoms with Crippen molar-refractivity contribution in [1.82, 2.24) is 15.5 Å². The largest absolute Gasteiger partial charge is 0.354 e. The Bertz CT molecular complexity index is 589. The molecule has 0 atom stereocenters. The van der Waals surface area contributed by atoms with Crippen molar-refractivity contribution >= 4 is 29.0 Å². The van der Waals surface area contributed by atoms with Gasteiger partial charge in [0.1, 0.15) is 0 Å². The van der Waals surface area contributed by atoms with Crippen molar-refractivity contribution in [2.75, 3.05) is 31.1 Å². The molecule has 1 saturated heterocycles. The van der Waals surface area contributed by atoms with Crippen molar-refractivity contribution in [3.05, 3.63) is 34.3 Å². The lowest BCUT2D eigenvalue weighted by atomic mass is 10.1. The second-order valence-electron chi connectivity index (χ2n) is 4.85. The Morgan fingerprint density at radius 1 is 1.10 bits per heavy atom. The quantitative estimate of drug-likeness (QED) is 0.895. The Morgan fingerprint density at radius 3 is 2.85 bits per heavy atom. The number of benzene rings is 1. The Hall–Kier alpha value is -1.23. The summed E-state index contributed by atoms with van der Waals surface area (Å²) in [5.74, 6) is 0.967. The van der Waals surface area contributed by atoms with E-state index in [0.29, 0.717) is 10.0 Å². The molecule has 1 aliphatic rings. The molecule has 0 unspecified atom stereocenters. The van der Waals surface area contributed by atoms with Crippen molar-refractivity contribution in [2.24, 2.45) is 0 Å². The third kappa shape index (κ3) is 2.92. The van der Waals surface area contributed by atoms with Crippen LogP contribution in [0.4, 0.5) is 5.82 Å². The topological polar surface area (TPSA) is 44.0 Å². The molecule has 6 heteroatoms. The smallest absolute Gasteiger partial charge is 0.151 e. The van der Waals surface area contributed by atoms with E-state index in [1.54, 1.807) is 6.07 Å². The first-order valence-corrected chi connectivity index (χ1v) is 7.46. The van der Waals surface area contributed by atoms with Gasteiger partial charge in [-0.3, -0.25) is 5.10 Å². The van der Waals surface area contributed by atoms with Crippen molar-refractivity contribution in [3.63, 3.8) is 0 Å². The molecule has 0 aliphatic carbocycles. The molecule has 2 heterocycles. The molecule has 4 nitrogen and oxygen atoms in total. The van der Waals surface area contributed by atoms with Crippen molar-refractivity contribution in [3.8, 4) is 11.3 Å². The van der Waals surface area contributed by atoms with E-state index in [0.717, 1.165) is 49.7 Å². The fourth-order valence-corrected chi connectivity index (χ4v) is 2.90. The average molecular weight is 311 g/mol. The number of rotatable bonds is 2. The number of nitrogens with zero attached hydrogens (tertiary/aromatic N) is 2. The van der Waals surface area contributed by atoms with E-state index < -0.39 is 0 Å². The van der Waals surface area contributed by atoms with E-state index in [9.17, 15) is 0 Å². The van der Waals surface area contributed by atoms with E-state index in [1.165, 1.54) is 0 Å². The minimum atomic E-state index is 0.630. The molecule has 0 radical (unpaired) electrons. The van der Waals surface area contributed by atoms with Gasteiger partial charge in [-0.15, -0.1) is 0 Å². The molecule has 2 N–H and O–H groups in total. The Kier molecular flexibility index (Phi) is 4.15. The predicted octanol–water partition coefficient (Wildman–Crippen LogP) is 3.18. The minimum Gasteiger partial charge on any atom is -0.354 e. The molecule has 1 aromatic carbocycles. The number of H-pyrrole nitrogens is 1. The van der Waals surface area contributed by atoms with Crippen molar-refractivity contribution in [2.45, 2.75) is 6.42 Å². The molecule has 1 fully saturated rings. The minimum absolute atomic E-state index is 0.630. The van der Waals surface area contributed by atoms with Gasteiger partial charge in [0.25, 0.3) is 0 Å². The lowest BCUT2D eigenvalue weighted by molar-refractivity contribution is 0.724. The van der Waals surface area contributed by atoms with Crippen LogP contribution in [-0.2, 0) is 0 Å². The fourth-order valence-electron chi connectivity index (χ4n) is 2.39. The van der Waals surface area contributed by atoms with Gasteiger partial charge in [0.2, 0.25) is 0 Å². The van der Waals surface area contributed by atoms with Gasteiger partial charge >= 0.3 is 0 Å². The van der Waals surface area contributed by atoms with Gasteiger partial charge in [-0.25, -0.2) is 0 Å². The maximum atomic E-state index is 6.23. The van der Waals surface area contributed by atoms with E-state index in [4.69, 9.17) is 23.2 Å². The van der Waals surface area contributed by atoms with Gasteiger partial charge in [-0.1, -0.05) is 23.2 Å². The van der Waals surface area contributed by atoms with Gasteiger partial charge in [0, 0.05) is 36.3 Å². The number of nitrogens with one attached hydrogen (secondary N) is 2. The first kappa shape index (κ1) is 13.7. The molecular weight excluding hydrogens is 295 g/mol. The summed E-state index contributed by atoms with van der Waals surface area (Å²) in [5, 5.41) is 12.1. The van der Waals surface area contributed by atoms with Crippen molar-refractivity contribution < 1.29 is 0 Å². The zero-order chi connectivity index (χ0) is 13.9. The maximum absolute atomic E-state index is 6.23. The Morgan fingerprint density at radius 2 is 2.00 bits per heavy atom. The molecule has 20 heavy (non-hydrogen) atoms. The number of halogens is 2. The molecule has 3 rings (SSSR count). The normalized spacial score (nSPS) is 16.2. The molecule has 2 aromatic rings. The monoisotopic (exact) mass is 310 g/mol. The highest BCUT2D eigenvalue weighted by Gasteiger charge is 2.14. The summed E-state index contributed by atoms with van der Waals surface area (Å²) < 4.78 is 0. The Labute approximate surface area is 128 Å². The van der Waals surface area contributed by atoms with Crippen LogP contribution in [0, 0.1) is 0 Å². The molecule has 0 saturated carbocycles. The third-order valence-corrected chi connectivity index (χ3v) is 4.00. The number of hydrogen-bond acceptors (Lipinski definition) is 3. The van der Waals surface area contributed by atoms with Crippen LogP contribution < -0.4 is 10.2 Å². The summed E-state index contributed by atoms with van der Waals surface area (Å²) in [7, 11) is 0. The third-order valence-electron chi connectivity index (χ3n) is 3.45.